The smallest absolute Gasteiger partial charge is 0.257 e. The molecule has 1 spiro atoms. The molecule has 158 valence electrons. The van der Waals surface area contributed by atoms with Crippen LogP contribution in [0, 0.1) is 0 Å². The number of ether oxygens (including phenoxy) is 2. The third-order valence-corrected chi connectivity index (χ3v) is 5.95. The van der Waals surface area contributed by atoms with E-state index in [9.17, 15) is 9.59 Å². The van der Waals surface area contributed by atoms with Crippen LogP contribution in [-0.2, 0) is 16.1 Å². The van der Waals surface area contributed by atoms with E-state index in [4.69, 9.17) is 9.47 Å². The Bertz CT molecular complexity index is 896. The van der Waals surface area contributed by atoms with Crippen LogP contribution in [0.3, 0.4) is 0 Å². The zero-order valence-electron chi connectivity index (χ0n) is 17.2. The lowest BCUT2D eigenvalue weighted by molar-refractivity contribution is -0.127. The maximum Gasteiger partial charge on any atom is 0.257 e. The van der Waals surface area contributed by atoms with Gasteiger partial charge in [-0.25, -0.2) is 0 Å². The van der Waals surface area contributed by atoms with Crippen LogP contribution in [0.1, 0.15) is 48.0 Å². The fraction of sp³-hybridized carbons (Fsp3) is 0.435. The fourth-order valence-electron chi connectivity index (χ4n) is 4.37. The first-order valence-corrected chi connectivity index (χ1v) is 10.4. The number of nitrogens with zero attached hydrogens (tertiary/aromatic N) is 2. The van der Waals surface area contributed by atoms with E-state index in [0.717, 1.165) is 37.7 Å². The van der Waals surface area contributed by atoms with Gasteiger partial charge in [0.05, 0.1) is 13.7 Å². The van der Waals surface area contributed by atoms with E-state index < -0.39 is 11.8 Å². The maximum absolute atomic E-state index is 13.6. The molecule has 1 aromatic carbocycles. The Hall–Kier alpha value is -2.93. The minimum atomic E-state index is -0.711. The summed E-state index contributed by atoms with van der Waals surface area (Å²) in [5, 5.41) is 2.96. The molecule has 1 saturated carbocycles. The lowest BCUT2D eigenvalue weighted by Crippen LogP contribution is -2.56. The molecule has 1 N–H and O–H groups in total. The Balaban J connectivity index is 1.58. The molecule has 0 bridgehead atoms. The second-order valence-electron chi connectivity index (χ2n) is 7.81. The number of pyridine rings is 1. The molecule has 30 heavy (non-hydrogen) atoms. The minimum absolute atomic E-state index is 0.197. The summed E-state index contributed by atoms with van der Waals surface area (Å²) in [6.45, 7) is 0.587. The summed E-state index contributed by atoms with van der Waals surface area (Å²) >= 11 is 0. The normalized spacial score (nSPS) is 20.2. The standard InChI is InChI=1S/C23H27N3O4/c1-29-19-7-5-6-18(14-19)22(28)26-20(16-30-23(26)10-3-2-4-11-23)21(27)25-15-17-8-12-24-13-9-17/h5-9,12-14,20H,2-4,10-11,15-16H2,1H3,(H,25,27). The molecule has 1 unspecified atom stereocenters. The van der Waals surface area contributed by atoms with Crippen LogP contribution in [0.25, 0.3) is 0 Å². The molecule has 4 rings (SSSR count). The predicted molar refractivity (Wildman–Crippen MR) is 111 cm³/mol. The lowest BCUT2D eigenvalue weighted by atomic mass is 9.89. The highest BCUT2D eigenvalue weighted by Gasteiger charge is 2.52. The van der Waals surface area contributed by atoms with Crippen molar-refractivity contribution in [2.24, 2.45) is 0 Å². The van der Waals surface area contributed by atoms with Crippen LogP contribution in [0.5, 0.6) is 5.75 Å². The van der Waals surface area contributed by atoms with Gasteiger partial charge in [-0.3, -0.25) is 19.5 Å². The number of aromatic nitrogens is 1. The van der Waals surface area contributed by atoms with Crippen molar-refractivity contribution in [1.82, 2.24) is 15.2 Å². The summed E-state index contributed by atoms with van der Waals surface area (Å²) in [7, 11) is 1.57. The van der Waals surface area contributed by atoms with Gasteiger partial charge in [-0.15, -0.1) is 0 Å². The van der Waals surface area contributed by atoms with Gasteiger partial charge in [0.2, 0.25) is 5.91 Å². The second-order valence-corrected chi connectivity index (χ2v) is 7.81. The number of hydrogen-bond donors (Lipinski definition) is 1. The highest BCUT2D eigenvalue weighted by atomic mass is 16.5. The summed E-state index contributed by atoms with van der Waals surface area (Å²) in [5.41, 5.74) is 0.740. The first-order valence-electron chi connectivity index (χ1n) is 10.4. The van der Waals surface area contributed by atoms with Gasteiger partial charge in [0.15, 0.2) is 0 Å². The third kappa shape index (κ3) is 4.03. The van der Waals surface area contributed by atoms with E-state index in [1.54, 1.807) is 48.7 Å². The SMILES string of the molecule is COc1cccc(C(=O)N2C(C(=O)NCc3ccncc3)COC23CCCCC3)c1. The van der Waals surface area contributed by atoms with Gasteiger partial charge in [-0.05, 0) is 61.6 Å². The van der Waals surface area contributed by atoms with Crippen LogP contribution in [-0.4, -0.2) is 47.2 Å². The topological polar surface area (TPSA) is 80.8 Å². The lowest BCUT2D eigenvalue weighted by Gasteiger charge is -2.41. The Morgan fingerprint density at radius 1 is 1.20 bits per heavy atom. The van der Waals surface area contributed by atoms with Crippen molar-refractivity contribution in [2.45, 2.75) is 50.4 Å². The quantitative estimate of drug-likeness (QED) is 0.821. The van der Waals surface area contributed by atoms with E-state index in [1.165, 1.54) is 0 Å². The number of amides is 2. The van der Waals surface area contributed by atoms with Gasteiger partial charge >= 0.3 is 0 Å². The summed E-state index contributed by atoms with van der Waals surface area (Å²) in [6.07, 6.45) is 7.95. The number of hydrogen-bond acceptors (Lipinski definition) is 5. The Morgan fingerprint density at radius 3 is 2.70 bits per heavy atom. The van der Waals surface area contributed by atoms with Crippen LogP contribution in [0.2, 0.25) is 0 Å². The molecule has 1 aliphatic heterocycles. The van der Waals surface area contributed by atoms with Crippen molar-refractivity contribution in [1.29, 1.82) is 0 Å². The highest BCUT2D eigenvalue weighted by Crippen LogP contribution is 2.41. The van der Waals surface area contributed by atoms with Gasteiger partial charge in [0.25, 0.3) is 5.91 Å². The largest absolute Gasteiger partial charge is 0.497 e. The van der Waals surface area contributed by atoms with E-state index in [-0.39, 0.29) is 18.4 Å². The average molecular weight is 409 g/mol. The van der Waals surface area contributed by atoms with Crippen molar-refractivity contribution in [3.63, 3.8) is 0 Å². The predicted octanol–water partition coefficient (Wildman–Crippen LogP) is 2.91. The Kier molecular flexibility index (Phi) is 5.99. The van der Waals surface area contributed by atoms with Crippen molar-refractivity contribution in [2.75, 3.05) is 13.7 Å². The van der Waals surface area contributed by atoms with Crippen LogP contribution in [0.15, 0.2) is 48.8 Å². The number of carbonyl (C=O) groups excluding carboxylic acids is 2. The molecule has 1 atom stereocenters. The van der Waals surface area contributed by atoms with Gasteiger partial charge in [-0.1, -0.05) is 12.5 Å². The van der Waals surface area contributed by atoms with Crippen LogP contribution >= 0.6 is 0 Å². The molecule has 7 nitrogen and oxygen atoms in total. The van der Waals surface area contributed by atoms with Gasteiger partial charge < -0.3 is 14.8 Å². The molecule has 1 aliphatic carbocycles. The zero-order valence-corrected chi connectivity index (χ0v) is 17.2. The first-order chi connectivity index (χ1) is 14.6. The molecule has 0 radical (unpaired) electrons. The van der Waals surface area contributed by atoms with E-state index in [0.29, 0.717) is 17.9 Å². The van der Waals surface area contributed by atoms with E-state index >= 15 is 0 Å². The zero-order chi connectivity index (χ0) is 21.0. The minimum Gasteiger partial charge on any atom is -0.497 e. The van der Waals surface area contributed by atoms with E-state index in [2.05, 4.69) is 10.3 Å². The van der Waals surface area contributed by atoms with Crippen molar-refractivity contribution in [3.8, 4) is 5.75 Å². The molecule has 1 aromatic heterocycles. The summed E-state index contributed by atoms with van der Waals surface area (Å²) in [5.74, 6) is 0.209. The molecular weight excluding hydrogens is 382 g/mol. The molecule has 1 saturated heterocycles. The third-order valence-electron chi connectivity index (χ3n) is 5.95. The monoisotopic (exact) mass is 409 g/mol. The fourth-order valence-corrected chi connectivity index (χ4v) is 4.37. The van der Waals surface area contributed by atoms with Gasteiger partial charge in [-0.2, -0.15) is 0 Å². The molecule has 2 aromatic rings. The Morgan fingerprint density at radius 2 is 1.97 bits per heavy atom. The molecule has 2 aliphatic rings. The van der Waals surface area contributed by atoms with E-state index in [1.807, 2.05) is 12.1 Å². The average Bonchev–Trinajstić information content (AvgIpc) is 3.16. The molecule has 2 amide bonds. The summed E-state index contributed by atoms with van der Waals surface area (Å²) in [6, 6.07) is 10.1. The highest BCUT2D eigenvalue weighted by molar-refractivity contribution is 5.98. The maximum atomic E-state index is 13.6. The second kappa shape index (κ2) is 8.83. The van der Waals surface area contributed by atoms with Gasteiger partial charge in [0, 0.05) is 24.5 Å². The van der Waals surface area contributed by atoms with Gasteiger partial charge in [0.1, 0.15) is 17.5 Å². The van der Waals surface area contributed by atoms with Crippen molar-refractivity contribution < 1.29 is 19.1 Å². The molecule has 7 heteroatoms. The Labute approximate surface area is 176 Å². The number of nitrogens with one attached hydrogen (secondary N) is 1. The van der Waals surface area contributed by atoms with Crippen molar-refractivity contribution in [3.05, 3.63) is 59.9 Å². The van der Waals surface area contributed by atoms with Crippen LogP contribution < -0.4 is 10.1 Å². The number of rotatable bonds is 5. The number of benzene rings is 1. The number of methoxy groups -OCH3 is 1. The number of carbonyl (C=O) groups is 2. The summed E-state index contributed by atoms with van der Waals surface area (Å²) in [4.78, 5) is 32.3. The van der Waals surface area contributed by atoms with Crippen LogP contribution in [0.4, 0.5) is 0 Å². The molecule has 2 fully saturated rings. The van der Waals surface area contributed by atoms with Crippen molar-refractivity contribution >= 4 is 11.8 Å². The first kappa shape index (κ1) is 20.3. The molecule has 2 heterocycles. The summed E-state index contributed by atoms with van der Waals surface area (Å²) < 4.78 is 11.5. The molecular formula is C23H27N3O4.